The maximum absolute atomic E-state index is 13.2. The number of aromatic nitrogens is 2. The minimum absolute atomic E-state index is 0.0150. The second-order valence-corrected chi connectivity index (χ2v) is 9.77. The molecule has 1 aliphatic heterocycles. The average Bonchev–Trinajstić information content (AvgIpc) is 3.47. The molecule has 1 atom stereocenters. The number of nitrogens with zero attached hydrogens (tertiary/aromatic N) is 3. The van der Waals surface area contributed by atoms with Crippen molar-refractivity contribution >= 4 is 34.0 Å². The van der Waals surface area contributed by atoms with Crippen LogP contribution in [0.3, 0.4) is 0 Å². The first-order valence-electron chi connectivity index (χ1n) is 11.2. The summed E-state index contributed by atoms with van der Waals surface area (Å²) in [6.45, 7) is 3.71. The van der Waals surface area contributed by atoms with Crippen LogP contribution >= 0.6 is 11.3 Å². The third kappa shape index (κ3) is 4.07. The summed E-state index contributed by atoms with van der Waals surface area (Å²) < 4.78 is 5.39. The Balaban J connectivity index is 1.34. The quantitative estimate of drug-likeness (QED) is 0.582. The minimum Gasteiger partial charge on any atom is -0.461 e. The number of hydrogen-bond acceptors (Lipinski definition) is 7. The van der Waals surface area contributed by atoms with E-state index in [0.717, 1.165) is 50.8 Å². The average molecular weight is 451 g/mol. The Bertz CT molecular complexity index is 1100. The lowest BCUT2D eigenvalue weighted by molar-refractivity contribution is -0.120. The van der Waals surface area contributed by atoms with Gasteiger partial charge in [-0.2, -0.15) is 0 Å². The standard InChI is InChI=1S/C24H26N4O3S/c1-15-5-6-17-19(14-15)32-23(20(17)21(29)18-4-2-13-31-18)27-22(30)16-7-11-28(12-8-16)24-25-9-3-10-26-24/h2-4,9-10,13,15-16H,5-8,11-12,14H2,1H3,(H,27,30). The van der Waals surface area contributed by atoms with Crippen LogP contribution in [-0.2, 0) is 17.6 Å². The molecule has 0 aromatic carbocycles. The molecule has 32 heavy (non-hydrogen) atoms. The van der Waals surface area contributed by atoms with Gasteiger partial charge in [0.25, 0.3) is 0 Å². The first-order valence-corrected chi connectivity index (χ1v) is 12.0. The van der Waals surface area contributed by atoms with Gasteiger partial charge >= 0.3 is 0 Å². The van der Waals surface area contributed by atoms with E-state index in [1.165, 1.54) is 11.1 Å². The molecule has 5 rings (SSSR count). The molecule has 2 aliphatic rings. The van der Waals surface area contributed by atoms with Gasteiger partial charge in [-0.05, 0) is 61.8 Å². The van der Waals surface area contributed by atoms with E-state index in [9.17, 15) is 9.59 Å². The van der Waals surface area contributed by atoms with Crippen LogP contribution in [0.4, 0.5) is 10.9 Å². The van der Waals surface area contributed by atoms with E-state index < -0.39 is 0 Å². The summed E-state index contributed by atoms with van der Waals surface area (Å²) in [4.78, 5) is 38.3. The number of furan rings is 1. The smallest absolute Gasteiger partial charge is 0.231 e. The van der Waals surface area contributed by atoms with Crippen LogP contribution in [0.5, 0.6) is 0 Å². The first-order chi connectivity index (χ1) is 15.6. The summed E-state index contributed by atoms with van der Waals surface area (Å²) in [6.07, 6.45) is 9.30. The number of ketones is 1. The zero-order valence-corrected chi connectivity index (χ0v) is 18.9. The van der Waals surface area contributed by atoms with Gasteiger partial charge in [-0.1, -0.05) is 6.92 Å². The Labute approximate surface area is 190 Å². The highest BCUT2D eigenvalue weighted by molar-refractivity contribution is 7.17. The van der Waals surface area contributed by atoms with Crippen molar-refractivity contribution in [3.8, 4) is 0 Å². The maximum Gasteiger partial charge on any atom is 0.231 e. The molecule has 8 heteroatoms. The molecular formula is C24H26N4O3S. The van der Waals surface area contributed by atoms with Crippen LogP contribution in [-0.4, -0.2) is 34.7 Å². The number of anilines is 2. The molecule has 1 saturated heterocycles. The third-order valence-electron chi connectivity index (χ3n) is 6.42. The minimum atomic E-state index is -0.145. The summed E-state index contributed by atoms with van der Waals surface area (Å²) >= 11 is 1.56. The van der Waals surface area contributed by atoms with Crippen molar-refractivity contribution in [2.45, 2.75) is 39.0 Å². The Hall–Kier alpha value is -3.00. The second kappa shape index (κ2) is 8.86. The summed E-state index contributed by atoms with van der Waals surface area (Å²) in [5, 5.41) is 3.79. The van der Waals surface area contributed by atoms with E-state index in [-0.39, 0.29) is 17.6 Å². The van der Waals surface area contributed by atoms with Gasteiger partial charge in [0, 0.05) is 36.3 Å². The van der Waals surface area contributed by atoms with E-state index in [1.807, 2.05) is 0 Å². The zero-order valence-electron chi connectivity index (χ0n) is 18.0. The topological polar surface area (TPSA) is 88.3 Å². The fourth-order valence-electron chi connectivity index (χ4n) is 4.62. The number of fused-ring (bicyclic) bond motifs is 1. The number of carbonyl (C=O) groups is 2. The number of nitrogens with one attached hydrogen (secondary N) is 1. The lowest BCUT2D eigenvalue weighted by atomic mass is 9.87. The molecule has 1 unspecified atom stereocenters. The fraction of sp³-hybridized carbons (Fsp3) is 0.417. The molecular weight excluding hydrogens is 424 g/mol. The molecule has 166 valence electrons. The van der Waals surface area contributed by atoms with Crippen molar-refractivity contribution in [3.63, 3.8) is 0 Å². The van der Waals surface area contributed by atoms with Gasteiger partial charge in [0.15, 0.2) is 5.76 Å². The van der Waals surface area contributed by atoms with Gasteiger partial charge in [-0.3, -0.25) is 9.59 Å². The number of piperidine rings is 1. The Kier molecular flexibility index (Phi) is 5.78. The number of hydrogen-bond donors (Lipinski definition) is 1. The SMILES string of the molecule is CC1CCc2c(sc(NC(=O)C3CCN(c4ncccn4)CC3)c2C(=O)c2ccco2)C1. The first kappa shape index (κ1) is 20.9. The Morgan fingerprint density at radius 3 is 2.66 bits per heavy atom. The molecule has 1 amide bonds. The van der Waals surface area contributed by atoms with E-state index in [0.29, 0.717) is 28.2 Å². The molecule has 3 aromatic rings. The van der Waals surface area contributed by atoms with Crippen LogP contribution in [0.2, 0.25) is 0 Å². The van der Waals surface area contributed by atoms with Crippen molar-refractivity contribution in [1.82, 2.24) is 9.97 Å². The van der Waals surface area contributed by atoms with E-state index >= 15 is 0 Å². The third-order valence-corrected chi connectivity index (χ3v) is 7.59. The number of amides is 1. The largest absolute Gasteiger partial charge is 0.461 e. The molecule has 4 heterocycles. The molecule has 1 N–H and O–H groups in total. The fourth-order valence-corrected chi connectivity index (χ4v) is 6.03. The lowest BCUT2D eigenvalue weighted by Crippen LogP contribution is -2.39. The molecule has 3 aromatic heterocycles. The van der Waals surface area contributed by atoms with Crippen LogP contribution in [0.15, 0.2) is 41.3 Å². The van der Waals surface area contributed by atoms with E-state index in [2.05, 4.69) is 27.1 Å². The maximum atomic E-state index is 13.2. The number of rotatable bonds is 5. The van der Waals surface area contributed by atoms with Crippen molar-refractivity contribution in [2.24, 2.45) is 11.8 Å². The molecule has 0 radical (unpaired) electrons. The van der Waals surface area contributed by atoms with E-state index in [4.69, 9.17) is 4.42 Å². The summed E-state index contributed by atoms with van der Waals surface area (Å²) in [5.41, 5.74) is 1.70. The van der Waals surface area contributed by atoms with Crippen LogP contribution in [0.1, 0.15) is 52.7 Å². The highest BCUT2D eigenvalue weighted by Gasteiger charge is 2.32. The van der Waals surface area contributed by atoms with Gasteiger partial charge < -0.3 is 14.6 Å². The van der Waals surface area contributed by atoms with Gasteiger partial charge in [-0.15, -0.1) is 11.3 Å². The molecule has 1 fully saturated rings. The van der Waals surface area contributed by atoms with Gasteiger partial charge in [0.1, 0.15) is 5.00 Å². The summed E-state index contributed by atoms with van der Waals surface area (Å²) in [7, 11) is 0. The van der Waals surface area contributed by atoms with Crippen LogP contribution in [0.25, 0.3) is 0 Å². The van der Waals surface area contributed by atoms with Crippen molar-refractivity contribution in [1.29, 1.82) is 0 Å². The predicted octanol–water partition coefficient (Wildman–Crippen LogP) is 4.34. The molecule has 7 nitrogen and oxygen atoms in total. The molecule has 0 spiro atoms. The van der Waals surface area contributed by atoms with Gasteiger partial charge in [0.05, 0.1) is 11.8 Å². The number of thiophene rings is 1. The molecule has 1 aliphatic carbocycles. The van der Waals surface area contributed by atoms with Gasteiger partial charge in [-0.25, -0.2) is 9.97 Å². The second-order valence-electron chi connectivity index (χ2n) is 8.66. The van der Waals surface area contributed by atoms with Crippen molar-refractivity contribution in [3.05, 3.63) is 58.6 Å². The summed E-state index contributed by atoms with van der Waals surface area (Å²) in [5.74, 6) is 1.35. The number of carbonyl (C=O) groups excluding carboxylic acids is 2. The van der Waals surface area contributed by atoms with Crippen molar-refractivity contribution in [2.75, 3.05) is 23.3 Å². The van der Waals surface area contributed by atoms with Crippen molar-refractivity contribution < 1.29 is 14.0 Å². The van der Waals surface area contributed by atoms with Crippen LogP contribution < -0.4 is 10.2 Å². The Morgan fingerprint density at radius 2 is 1.94 bits per heavy atom. The monoisotopic (exact) mass is 450 g/mol. The lowest BCUT2D eigenvalue weighted by Gasteiger charge is -2.31. The van der Waals surface area contributed by atoms with Gasteiger partial charge in [0.2, 0.25) is 17.6 Å². The van der Waals surface area contributed by atoms with Crippen LogP contribution in [0, 0.1) is 11.8 Å². The normalized spacial score (nSPS) is 18.9. The summed E-state index contributed by atoms with van der Waals surface area (Å²) in [6, 6.07) is 5.20. The molecule has 0 saturated carbocycles. The van der Waals surface area contributed by atoms with E-state index in [1.54, 1.807) is 41.9 Å². The Morgan fingerprint density at radius 1 is 1.16 bits per heavy atom. The highest BCUT2D eigenvalue weighted by Crippen LogP contribution is 2.41. The zero-order chi connectivity index (χ0) is 22.1. The highest BCUT2D eigenvalue weighted by atomic mass is 32.1. The molecule has 0 bridgehead atoms. The predicted molar refractivity (Wildman–Crippen MR) is 123 cm³/mol.